The highest BCUT2D eigenvalue weighted by molar-refractivity contribution is 5.90. The summed E-state index contributed by atoms with van der Waals surface area (Å²) >= 11 is 0. The Hall–Kier alpha value is -2.15. The quantitative estimate of drug-likeness (QED) is 0.505. The third kappa shape index (κ3) is 6.65. The highest BCUT2D eigenvalue weighted by Crippen LogP contribution is 2.21. The summed E-state index contributed by atoms with van der Waals surface area (Å²) < 4.78 is 0. The monoisotopic (exact) mass is 323 g/mol. The van der Waals surface area contributed by atoms with E-state index in [-0.39, 0.29) is 18.2 Å². The minimum absolute atomic E-state index is 0.0659. The molecule has 0 aromatic heterocycles. The van der Waals surface area contributed by atoms with Crippen LogP contribution in [0.4, 0.5) is 16.2 Å². The van der Waals surface area contributed by atoms with Crippen LogP contribution in [0, 0.1) is 28.9 Å². The van der Waals surface area contributed by atoms with Crippen molar-refractivity contribution >= 4 is 17.4 Å². The molecule has 2 amide bonds. The Balaban J connectivity index is 2.62. The zero-order chi connectivity index (χ0) is 17.4. The minimum Gasteiger partial charge on any atom is -0.396 e. The molecule has 0 spiro atoms. The molecule has 7 nitrogen and oxygen atoms in total. The summed E-state index contributed by atoms with van der Waals surface area (Å²) in [6, 6.07) is 3.94. The van der Waals surface area contributed by atoms with Gasteiger partial charge in [0.05, 0.1) is 10.6 Å². The number of anilines is 1. The first kappa shape index (κ1) is 18.9. The molecule has 1 rings (SSSR count). The topological polar surface area (TPSA) is 105 Å². The van der Waals surface area contributed by atoms with E-state index in [1.165, 1.54) is 12.1 Å². The fourth-order valence-corrected chi connectivity index (χ4v) is 2.41. The summed E-state index contributed by atoms with van der Waals surface area (Å²) in [6.45, 7) is 6.50. The van der Waals surface area contributed by atoms with Gasteiger partial charge in [-0.15, -0.1) is 0 Å². The molecule has 0 aliphatic heterocycles. The van der Waals surface area contributed by atoms with Crippen LogP contribution in [0.1, 0.15) is 32.3 Å². The zero-order valence-corrected chi connectivity index (χ0v) is 13.8. The molecule has 23 heavy (non-hydrogen) atoms. The second-order valence-electron chi connectivity index (χ2n) is 6.10. The SMILES string of the molecule is Cc1ccc([N+](=O)[O-])cc1NC(=O)NCC(CCO)CC(C)C. The Kier molecular flexibility index (Phi) is 7.47. The number of nitrogens with zero attached hydrogens (tertiary/aromatic N) is 1. The number of urea groups is 1. The van der Waals surface area contributed by atoms with Gasteiger partial charge in [0.2, 0.25) is 0 Å². The number of nitro groups is 1. The van der Waals surface area contributed by atoms with Crippen LogP contribution in [0.3, 0.4) is 0 Å². The van der Waals surface area contributed by atoms with Crippen LogP contribution < -0.4 is 10.6 Å². The molecule has 0 bridgehead atoms. The van der Waals surface area contributed by atoms with Crippen molar-refractivity contribution in [3.63, 3.8) is 0 Å². The second kappa shape index (κ2) is 9.09. The molecule has 0 fully saturated rings. The van der Waals surface area contributed by atoms with Gasteiger partial charge in [-0.05, 0) is 37.2 Å². The minimum atomic E-state index is -0.498. The number of benzene rings is 1. The number of nitro benzene ring substituents is 1. The van der Waals surface area contributed by atoms with Gasteiger partial charge in [-0.3, -0.25) is 10.1 Å². The molecule has 1 atom stereocenters. The number of nitrogens with one attached hydrogen (secondary N) is 2. The number of non-ortho nitro benzene ring substituents is 1. The van der Waals surface area contributed by atoms with Gasteiger partial charge in [-0.25, -0.2) is 4.79 Å². The van der Waals surface area contributed by atoms with E-state index < -0.39 is 11.0 Å². The van der Waals surface area contributed by atoms with Gasteiger partial charge >= 0.3 is 6.03 Å². The van der Waals surface area contributed by atoms with Crippen LogP contribution in [-0.4, -0.2) is 29.2 Å². The Labute approximate surface area is 136 Å². The summed E-state index contributed by atoms with van der Waals surface area (Å²) in [7, 11) is 0. The lowest BCUT2D eigenvalue weighted by Crippen LogP contribution is -2.34. The molecule has 7 heteroatoms. The van der Waals surface area contributed by atoms with Crippen molar-refractivity contribution in [1.29, 1.82) is 0 Å². The number of aliphatic hydroxyl groups excluding tert-OH is 1. The Morgan fingerprint density at radius 3 is 2.65 bits per heavy atom. The summed E-state index contributed by atoms with van der Waals surface area (Å²) in [5.74, 6) is 0.687. The molecule has 0 heterocycles. The van der Waals surface area contributed by atoms with Crippen molar-refractivity contribution in [2.24, 2.45) is 11.8 Å². The van der Waals surface area contributed by atoms with Gasteiger partial charge < -0.3 is 15.7 Å². The molecule has 0 aliphatic carbocycles. The van der Waals surface area contributed by atoms with Crippen LogP contribution in [0.25, 0.3) is 0 Å². The van der Waals surface area contributed by atoms with Crippen molar-refractivity contribution in [3.8, 4) is 0 Å². The number of amides is 2. The lowest BCUT2D eigenvalue weighted by atomic mass is 9.94. The Morgan fingerprint density at radius 1 is 1.39 bits per heavy atom. The Morgan fingerprint density at radius 2 is 2.09 bits per heavy atom. The predicted octanol–water partition coefficient (Wildman–Crippen LogP) is 3.07. The third-order valence-corrected chi connectivity index (χ3v) is 3.57. The second-order valence-corrected chi connectivity index (χ2v) is 6.10. The van der Waals surface area contributed by atoms with Crippen molar-refractivity contribution in [2.45, 2.75) is 33.6 Å². The van der Waals surface area contributed by atoms with E-state index in [4.69, 9.17) is 5.11 Å². The predicted molar refractivity (Wildman–Crippen MR) is 89.5 cm³/mol. The molecule has 0 radical (unpaired) electrons. The van der Waals surface area contributed by atoms with E-state index in [0.29, 0.717) is 24.6 Å². The number of carbonyl (C=O) groups excluding carboxylic acids is 1. The van der Waals surface area contributed by atoms with Crippen LogP contribution >= 0.6 is 0 Å². The molecule has 3 N–H and O–H groups in total. The number of hydrogen-bond acceptors (Lipinski definition) is 4. The molecule has 1 aromatic carbocycles. The van der Waals surface area contributed by atoms with Gasteiger partial charge in [-0.1, -0.05) is 19.9 Å². The van der Waals surface area contributed by atoms with E-state index in [2.05, 4.69) is 24.5 Å². The van der Waals surface area contributed by atoms with Gasteiger partial charge in [0.25, 0.3) is 5.69 Å². The summed E-state index contributed by atoms with van der Waals surface area (Å²) in [4.78, 5) is 22.3. The van der Waals surface area contributed by atoms with Crippen molar-refractivity contribution in [3.05, 3.63) is 33.9 Å². The van der Waals surface area contributed by atoms with E-state index in [0.717, 1.165) is 12.0 Å². The highest BCUT2D eigenvalue weighted by Gasteiger charge is 2.14. The number of aryl methyl sites for hydroxylation is 1. The largest absolute Gasteiger partial charge is 0.396 e. The van der Waals surface area contributed by atoms with Crippen LogP contribution in [0.5, 0.6) is 0 Å². The van der Waals surface area contributed by atoms with E-state index in [1.54, 1.807) is 13.0 Å². The number of aliphatic hydroxyl groups is 1. The van der Waals surface area contributed by atoms with Gasteiger partial charge in [0, 0.05) is 25.3 Å². The molecule has 128 valence electrons. The first-order valence-corrected chi connectivity index (χ1v) is 7.74. The summed E-state index contributed by atoms with van der Waals surface area (Å²) in [5, 5.41) is 25.3. The number of carbonyl (C=O) groups is 1. The molecular weight excluding hydrogens is 298 g/mol. The molecular formula is C16H25N3O4. The molecule has 0 aliphatic rings. The highest BCUT2D eigenvalue weighted by atomic mass is 16.6. The third-order valence-electron chi connectivity index (χ3n) is 3.57. The number of hydrogen-bond donors (Lipinski definition) is 3. The maximum Gasteiger partial charge on any atom is 0.319 e. The van der Waals surface area contributed by atoms with Gasteiger partial charge in [0.15, 0.2) is 0 Å². The lowest BCUT2D eigenvalue weighted by Gasteiger charge is -2.19. The molecule has 1 aromatic rings. The van der Waals surface area contributed by atoms with Crippen LogP contribution in [0.15, 0.2) is 18.2 Å². The van der Waals surface area contributed by atoms with Crippen molar-refractivity contribution in [1.82, 2.24) is 5.32 Å². The maximum atomic E-state index is 12.0. The first-order valence-electron chi connectivity index (χ1n) is 7.74. The van der Waals surface area contributed by atoms with Crippen molar-refractivity contribution in [2.75, 3.05) is 18.5 Å². The Bertz CT molecular complexity index is 546. The molecule has 1 unspecified atom stereocenters. The van der Waals surface area contributed by atoms with E-state index >= 15 is 0 Å². The summed E-state index contributed by atoms with van der Waals surface area (Å²) in [5.41, 5.74) is 1.10. The van der Waals surface area contributed by atoms with Gasteiger partial charge in [0.1, 0.15) is 0 Å². The average Bonchev–Trinajstić information content (AvgIpc) is 2.46. The van der Waals surface area contributed by atoms with E-state index in [9.17, 15) is 14.9 Å². The number of rotatable bonds is 8. The standard InChI is InChI=1S/C16H25N3O4/c1-11(2)8-13(6-7-20)10-17-16(21)18-15-9-14(19(22)23)5-4-12(15)3/h4-5,9,11,13,20H,6-8,10H2,1-3H3,(H2,17,18,21). The lowest BCUT2D eigenvalue weighted by molar-refractivity contribution is -0.384. The zero-order valence-electron chi connectivity index (χ0n) is 13.8. The smallest absolute Gasteiger partial charge is 0.319 e. The summed E-state index contributed by atoms with van der Waals surface area (Å²) in [6.07, 6.45) is 1.55. The van der Waals surface area contributed by atoms with Gasteiger partial charge in [-0.2, -0.15) is 0 Å². The molecule has 0 saturated heterocycles. The van der Waals surface area contributed by atoms with E-state index in [1.807, 2.05) is 0 Å². The normalized spacial score (nSPS) is 12.0. The fourth-order valence-electron chi connectivity index (χ4n) is 2.41. The first-order chi connectivity index (χ1) is 10.8. The fraction of sp³-hybridized carbons (Fsp3) is 0.562. The van der Waals surface area contributed by atoms with Crippen molar-refractivity contribution < 1.29 is 14.8 Å². The van der Waals surface area contributed by atoms with Crippen LogP contribution in [-0.2, 0) is 0 Å². The molecule has 0 saturated carbocycles. The maximum absolute atomic E-state index is 12.0. The van der Waals surface area contributed by atoms with Crippen LogP contribution in [0.2, 0.25) is 0 Å². The average molecular weight is 323 g/mol.